The third kappa shape index (κ3) is 3.92. The van der Waals surface area contributed by atoms with Crippen LogP contribution in [0.1, 0.15) is 65.0 Å². The van der Waals surface area contributed by atoms with E-state index < -0.39 is 5.63 Å². The summed E-state index contributed by atoms with van der Waals surface area (Å²) in [6.07, 6.45) is 4.87. The molecule has 0 N–H and O–H groups in total. The van der Waals surface area contributed by atoms with Gasteiger partial charge >= 0.3 is 5.63 Å². The fourth-order valence-corrected chi connectivity index (χ4v) is 4.24. The van der Waals surface area contributed by atoms with Crippen molar-refractivity contribution in [3.63, 3.8) is 0 Å². The standard InChI is InChI=1S/C22H26N2O5/c1-14-12-18(17-4-3-11-28-17)29-22(27)20(14)21(26)24-9-6-15(7-10-24)16-5-8-23(2)19(25)13-16/h5,8,12-13,15,17H,3-4,6-7,9-11H2,1-2H3. The number of hydrogen-bond donors (Lipinski definition) is 0. The van der Waals surface area contributed by atoms with E-state index in [0.29, 0.717) is 31.0 Å². The Hall–Kier alpha value is -2.67. The highest BCUT2D eigenvalue weighted by Gasteiger charge is 2.29. The van der Waals surface area contributed by atoms with Crippen LogP contribution in [-0.2, 0) is 11.8 Å². The van der Waals surface area contributed by atoms with Crippen molar-refractivity contribution in [1.29, 1.82) is 0 Å². The molecule has 2 aliphatic rings. The molecule has 2 aromatic heterocycles. The van der Waals surface area contributed by atoms with Crippen molar-refractivity contribution in [2.75, 3.05) is 19.7 Å². The van der Waals surface area contributed by atoms with Crippen LogP contribution in [0.4, 0.5) is 0 Å². The van der Waals surface area contributed by atoms with Crippen molar-refractivity contribution >= 4 is 5.91 Å². The molecular weight excluding hydrogens is 372 g/mol. The van der Waals surface area contributed by atoms with Gasteiger partial charge in [0.1, 0.15) is 17.4 Å². The Morgan fingerprint density at radius 2 is 1.90 bits per heavy atom. The molecule has 2 saturated heterocycles. The van der Waals surface area contributed by atoms with Crippen LogP contribution < -0.4 is 11.2 Å². The minimum Gasteiger partial charge on any atom is -0.424 e. The zero-order chi connectivity index (χ0) is 20.5. The summed E-state index contributed by atoms with van der Waals surface area (Å²) in [6, 6.07) is 5.40. The van der Waals surface area contributed by atoms with Crippen molar-refractivity contribution in [2.24, 2.45) is 7.05 Å². The van der Waals surface area contributed by atoms with Gasteiger partial charge in [0.25, 0.3) is 11.5 Å². The Kier molecular flexibility index (Phi) is 5.41. The van der Waals surface area contributed by atoms with Crippen LogP contribution in [0.15, 0.2) is 38.4 Å². The number of pyridine rings is 1. The number of nitrogens with zero attached hydrogens (tertiary/aromatic N) is 2. The van der Waals surface area contributed by atoms with Gasteiger partial charge in [-0.15, -0.1) is 0 Å². The van der Waals surface area contributed by atoms with Gasteiger partial charge in [-0.1, -0.05) is 0 Å². The molecule has 7 nitrogen and oxygen atoms in total. The Morgan fingerprint density at radius 3 is 2.52 bits per heavy atom. The van der Waals surface area contributed by atoms with Gasteiger partial charge in [-0.25, -0.2) is 4.79 Å². The topological polar surface area (TPSA) is 81.8 Å². The molecule has 1 atom stereocenters. The van der Waals surface area contributed by atoms with Gasteiger partial charge < -0.3 is 18.6 Å². The van der Waals surface area contributed by atoms with Crippen molar-refractivity contribution < 1.29 is 13.9 Å². The molecule has 4 heterocycles. The number of likely N-dealkylation sites (tertiary alicyclic amines) is 1. The van der Waals surface area contributed by atoms with Crippen LogP contribution >= 0.6 is 0 Å². The van der Waals surface area contributed by atoms with E-state index in [0.717, 1.165) is 31.2 Å². The summed E-state index contributed by atoms with van der Waals surface area (Å²) >= 11 is 0. The average Bonchev–Trinajstić information content (AvgIpc) is 3.24. The molecule has 0 saturated carbocycles. The largest absolute Gasteiger partial charge is 0.424 e. The molecule has 0 aromatic carbocycles. The van der Waals surface area contributed by atoms with Gasteiger partial charge in [-0.3, -0.25) is 9.59 Å². The molecule has 1 amide bonds. The number of aromatic nitrogens is 1. The maximum Gasteiger partial charge on any atom is 0.349 e. The number of piperidine rings is 1. The van der Waals surface area contributed by atoms with Gasteiger partial charge in [0.05, 0.1) is 0 Å². The van der Waals surface area contributed by atoms with Gasteiger partial charge in [-0.2, -0.15) is 0 Å². The second kappa shape index (κ2) is 7.99. The third-order valence-electron chi connectivity index (χ3n) is 6.01. The van der Waals surface area contributed by atoms with Crippen LogP contribution in [0, 0.1) is 6.92 Å². The first kappa shape index (κ1) is 19.6. The zero-order valence-corrected chi connectivity index (χ0v) is 16.8. The third-order valence-corrected chi connectivity index (χ3v) is 6.01. The van der Waals surface area contributed by atoms with Gasteiger partial charge in [0.2, 0.25) is 0 Å². The van der Waals surface area contributed by atoms with Crippen molar-refractivity contribution in [2.45, 2.75) is 44.6 Å². The number of amides is 1. The second-order valence-corrected chi connectivity index (χ2v) is 7.97. The van der Waals surface area contributed by atoms with E-state index in [4.69, 9.17) is 9.15 Å². The molecule has 7 heteroatoms. The molecule has 0 bridgehead atoms. The maximum atomic E-state index is 13.0. The minimum absolute atomic E-state index is 0.0272. The molecule has 29 heavy (non-hydrogen) atoms. The zero-order valence-electron chi connectivity index (χ0n) is 16.8. The van der Waals surface area contributed by atoms with Crippen LogP contribution in [-0.4, -0.2) is 35.1 Å². The number of rotatable bonds is 3. The fourth-order valence-electron chi connectivity index (χ4n) is 4.24. The van der Waals surface area contributed by atoms with Crippen molar-refractivity contribution in [3.8, 4) is 0 Å². The lowest BCUT2D eigenvalue weighted by atomic mass is 9.89. The van der Waals surface area contributed by atoms with Gasteiger partial charge in [0.15, 0.2) is 0 Å². The highest BCUT2D eigenvalue weighted by molar-refractivity contribution is 5.95. The first-order valence-electron chi connectivity index (χ1n) is 10.2. The van der Waals surface area contributed by atoms with Crippen molar-refractivity contribution in [1.82, 2.24) is 9.47 Å². The van der Waals surface area contributed by atoms with E-state index in [1.54, 1.807) is 41.8 Å². The molecule has 2 aromatic rings. The van der Waals surface area contributed by atoms with Gasteiger partial charge in [0, 0.05) is 39.0 Å². The molecule has 2 fully saturated rings. The molecule has 4 rings (SSSR count). The molecule has 0 radical (unpaired) electrons. The number of aryl methyl sites for hydroxylation is 2. The first-order chi connectivity index (χ1) is 13.9. The first-order valence-corrected chi connectivity index (χ1v) is 10.2. The summed E-state index contributed by atoms with van der Waals surface area (Å²) in [5, 5.41) is 0. The minimum atomic E-state index is -0.589. The monoisotopic (exact) mass is 398 g/mol. The fraction of sp³-hybridized carbons (Fsp3) is 0.500. The summed E-state index contributed by atoms with van der Waals surface area (Å²) in [5.41, 5.74) is 1.13. The van der Waals surface area contributed by atoms with Gasteiger partial charge in [-0.05, 0) is 61.8 Å². The number of carbonyl (C=O) groups is 1. The highest BCUT2D eigenvalue weighted by Crippen LogP contribution is 2.30. The smallest absolute Gasteiger partial charge is 0.349 e. The summed E-state index contributed by atoms with van der Waals surface area (Å²) in [7, 11) is 1.73. The van der Waals surface area contributed by atoms with Crippen LogP contribution in [0.5, 0.6) is 0 Å². The summed E-state index contributed by atoms with van der Waals surface area (Å²) in [5.74, 6) is 0.468. The summed E-state index contributed by atoms with van der Waals surface area (Å²) in [6.45, 7) is 3.53. The summed E-state index contributed by atoms with van der Waals surface area (Å²) in [4.78, 5) is 39.1. The molecule has 0 aliphatic carbocycles. The van der Waals surface area contributed by atoms with E-state index in [1.165, 1.54) is 0 Å². The molecule has 0 spiro atoms. The summed E-state index contributed by atoms with van der Waals surface area (Å²) < 4.78 is 12.6. The average molecular weight is 398 g/mol. The Balaban J connectivity index is 1.47. The number of hydrogen-bond acceptors (Lipinski definition) is 5. The Bertz CT molecular complexity index is 1020. The van der Waals surface area contributed by atoms with Crippen molar-refractivity contribution in [3.05, 3.63) is 67.6 Å². The van der Waals surface area contributed by atoms with E-state index in [-0.39, 0.29) is 29.1 Å². The molecule has 1 unspecified atom stereocenters. The quantitative estimate of drug-likeness (QED) is 0.794. The predicted octanol–water partition coefficient (Wildman–Crippen LogP) is 2.52. The molecule has 2 aliphatic heterocycles. The van der Waals surface area contributed by atoms with Crippen LogP contribution in [0.25, 0.3) is 0 Å². The number of carbonyl (C=O) groups excluding carboxylic acids is 1. The lowest BCUT2D eigenvalue weighted by molar-refractivity contribution is 0.0699. The van der Waals surface area contributed by atoms with E-state index in [2.05, 4.69) is 0 Å². The highest BCUT2D eigenvalue weighted by atomic mass is 16.5. The maximum absolute atomic E-state index is 13.0. The van der Waals surface area contributed by atoms with Crippen LogP contribution in [0.3, 0.4) is 0 Å². The van der Waals surface area contributed by atoms with E-state index >= 15 is 0 Å². The van der Waals surface area contributed by atoms with E-state index in [9.17, 15) is 14.4 Å². The van der Waals surface area contributed by atoms with E-state index in [1.807, 2.05) is 6.07 Å². The lowest BCUT2D eigenvalue weighted by Gasteiger charge is -2.32. The Morgan fingerprint density at radius 1 is 1.14 bits per heavy atom. The predicted molar refractivity (Wildman–Crippen MR) is 107 cm³/mol. The molecular formula is C22H26N2O5. The second-order valence-electron chi connectivity index (χ2n) is 7.97. The normalized spacial score (nSPS) is 20.2. The number of ether oxygens (including phenoxy) is 1. The van der Waals surface area contributed by atoms with Crippen LogP contribution in [0.2, 0.25) is 0 Å². The Labute approximate surface area is 168 Å². The SMILES string of the molecule is Cc1cc(C2CCCO2)oc(=O)c1C(=O)N1CCC(c2ccn(C)c(=O)c2)CC1. The molecule has 154 valence electrons. The lowest BCUT2D eigenvalue weighted by Crippen LogP contribution is -2.40.